The maximum Gasteiger partial charge on any atom is 0.232 e. The molecule has 6 nitrogen and oxygen atoms in total. The van der Waals surface area contributed by atoms with Crippen molar-refractivity contribution in [3.05, 3.63) is 83.0 Å². The summed E-state index contributed by atoms with van der Waals surface area (Å²) in [5.41, 5.74) is 4.82. The summed E-state index contributed by atoms with van der Waals surface area (Å²) in [6, 6.07) is 19.8. The Morgan fingerprint density at radius 1 is 0.903 bits per heavy atom. The molecule has 158 valence electrons. The molecule has 0 radical (unpaired) electrons. The second-order valence-corrected chi connectivity index (χ2v) is 8.40. The van der Waals surface area contributed by atoms with Crippen LogP contribution in [0.2, 0.25) is 0 Å². The molecule has 1 amide bonds. The first-order valence-electron chi connectivity index (χ1n) is 10.8. The zero-order chi connectivity index (χ0) is 21.4. The van der Waals surface area contributed by atoms with Gasteiger partial charge >= 0.3 is 0 Å². The predicted octanol–water partition coefficient (Wildman–Crippen LogP) is 3.22. The summed E-state index contributed by atoms with van der Waals surface area (Å²) in [5.74, 6) is 1.54. The number of aryl methyl sites for hydroxylation is 1. The Hall–Kier alpha value is -3.25. The lowest BCUT2D eigenvalue weighted by atomic mass is 9.95. The number of carbonyl (C=O) groups excluding carboxylic acids is 1. The van der Waals surface area contributed by atoms with Gasteiger partial charge in [-0.1, -0.05) is 60.2 Å². The number of benzene rings is 2. The van der Waals surface area contributed by atoms with Crippen molar-refractivity contribution in [2.75, 3.05) is 43.0 Å². The van der Waals surface area contributed by atoms with Gasteiger partial charge in [-0.15, -0.1) is 0 Å². The molecular weight excluding hydrogens is 386 g/mol. The van der Waals surface area contributed by atoms with E-state index >= 15 is 0 Å². The van der Waals surface area contributed by atoms with Gasteiger partial charge in [-0.2, -0.15) is 4.98 Å². The van der Waals surface area contributed by atoms with Gasteiger partial charge in [-0.3, -0.25) is 14.6 Å². The van der Waals surface area contributed by atoms with Crippen molar-refractivity contribution in [1.82, 2.24) is 14.9 Å². The van der Waals surface area contributed by atoms with E-state index in [-0.39, 0.29) is 11.9 Å². The lowest BCUT2D eigenvalue weighted by Gasteiger charge is -2.40. The molecule has 0 bridgehead atoms. The average Bonchev–Trinajstić information content (AvgIpc) is 3.09. The first-order chi connectivity index (χ1) is 15.1. The van der Waals surface area contributed by atoms with Crippen molar-refractivity contribution in [3.63, 3.8) is 0 Å². The van der Waals surface area contributed by atoms with Crippen molar-refractivity contribution in [2.45, 2.75) is 19.4 Å². The van der Waals surface area contributed by atoms with Crippen molar-refractivity contribution in [2.24, 2.45) is 0 Å². The van der Waals surface area contributed by atoms with Crippen LogP contribution < -0.4 is 9.80 Å². The second kappa shape index (κ2) is 8.12. The van der Waals surface area contributed by atoms with Gasteiger partial charge in [0.2, 0.25) is 11.9 Å². The molecule has 3 aromatic rings. The number of aromatic nitrogens is 2. The molecule has 2 aliphatic heterocycles. The third-order valence-corrected chi connectivity index (χ3v) is 6.33. The Kier molecular flexibility index (Phi) is 5.16. The molecule has 1 aromatic heterocycles. The van der Waals surface area contributed by atoms with E-state index in [1.807, 2.05) is 6.20 Å². The lowest BCUT2D eigenvalue weighted by molar-refractivity contribution is -0.117. The highest BCUT2D eigenvalue weighted by atomic mass is 16.2. The number of nitrogens with zero attached hydrogens (tertiary/aromatic N) is 5. The molecule has 2 aromatic carbocycles. The van der Waals surface area contributed by atoms with Gasteiger partial charge in [-0.25, -0.2) is 4.98 Å². The maximum atomic E-state index is 12.0. The van der Waals surface area contributed by atoms with Crippen LogP contribution in [-0.4, -0.2) is 54.0 Å². The normalized spacial score (nSPS) is 17.7. The van der Waals surface area contributed by atoms with Gasteiger partial charge in [0.1, 0.15) is 5.82 Å². The van der Waals surface area contributed by atoms with Crippen LogP contribution in [0.5, 0.6) is 0 Å². The molecular formula is C25H27N5O. The van der Waals surface area contributed by atoms with Crippen LogP contribution in [0.3, 0.4) is 0 Å². The summed E-state index contributed by atoms with van der Waals surface area (Å²) in [5, 5.41) is 0. The minimum absolute atomic E-state index is 0.0788. The monoisotopic (exact) mass is 413 g/mol. The first-order valence-corrected chi connectivity index (χ1v) is 10.8. The minimum atomic E-state index is 0.0788. The zero-order valence-electron chi connectivity index (χ0n) is 18.0. The van der Waals surface area contributed by atoms with Crippen LogP contribution in [0.15, 0.2) is 60.8 Å². The Morgan fingerprint density at radius 3 is 2.29 bits per heavy atom. The quantitative estimate of drug-likeness (QED) is 0.657. The van der Waals surface area contributed by atoms with Gasteiger partial charge < -0.3 is 4.90 Å². The Bertz CT molecular complexity index is 1070. The molecule has 3 heterocycles. The molecule has 0 aliphatic carbocycles. The third kappa shape index (κ3) is 3.79. The van der Waals surface area contributed by atoms with Crippen LogP contribution in [0, 0.1) is 6.92 Å². The molecule has 0 N–H and O–H groups in total. The van der Waals surface area contributed by atoms with Crippen LogP contribution >= 0.6 is 0 Å². The number of carbonyl (C=O) groups is 1. The minimum Gasteiger partial charge on any atom is -0.338 e. The Morgan fingerprint density at radius 2 is 1.58 bits per heavy atom. The largest absolute Gasteiger partial charge is 0.338 e. The van der Waals surface area contributed by atoms with Crippen molar-refractivity contribution in [3.8, 4) is 0 Å². The van der Waals surface area contributed by atoms with E-state index in [1.54, 1.807) is 11.9 Å². The zero-order valence-corrected chi connectivity index (χ0v) is 18.0. The van der Waals surface area contributed by atoms with E-state index in [0.29, 0.717) is 12.4 Å². The summed E-state index contributed by atoms with van der Waals surface area (Å²) >= 11 is 0. The van der Waals surface area contributed by atoms with E-state index in [0.717, 1.165) is 37.6 Å². The Balaban J connectivity index is 1.36. The molecule has 1 unspecified atom stereocenters. The Labute approximate surface area is 183 Å². The molecule has 1 saturated heterocycles. The number of hydrogen-bond acceptors (Lipinski definition) is 5. The number of fused-ring (bicyclic) bond motifs is 1. The average molecular weight is 414 g/mol. The van der Waals surface area contributed by atoms with Crippen LogP contribution in [0.25, 0.3) is 0 Å². The second-order valence-electron chi connectivity index (χ2n) is 8.40. The highest BCUT2D eigenvalue weighted by molar-refractivity contribution is 5.99. The standard InChI is InChI=1S/C25H27N5O/c1-18-8-10-20(11-9-18)23(19-6-4-3-5-7-19)29-12-14-30(15-13-29)25-26-17-21-16-22(31)28(2)24(21)27-25/h3-11,17,23H,12-16H2,1-2H3. The van der Waals surface area contributed by atoms with Crippen molar-refractivity contribution >= 4 is 17.7 Å². The van der Waals surface area contributed by atoms with Gasteiger partial charge in [0.15, 0.2) is 0 Å². The third-order valence-electron chi connectivity index (χ3n) is 6.33. The number of likely N-dealkylation sites (N-methyl/N-ethyl adjacent to an activating group) is 1. The summed E-state index contributed by atoms with van der Waals surface area (Å²) in [6.45, 7) is 5.67. The molecule has 1 fully saturated rings. The topological polar surface area (TPSA) is 52.6 Å². The highest BCUT2D eigenvalue weighted by Crippen LogP contribution is 2.31. The maximum absolute atomic E-state index is 12.0. The number of hydrogen-bond donors (Lipinski definition) is 0. The first kappa shape index (κ1) is 19.7. The fourth-order valence-corrected chi connectivity index (χ4v) is 4.53. The van der Waals surface area contributed by atoms with Gasteiger partial charge in [0, 0.05) is 45.0 Å². The fraction of sp³-hybridized carbons (Fsp3) is 0.320. The highest BCUT2D eigenvalue weighted by Gasteiger charge is 2.30. The predicted molar refractivity (Wildman–Crippen MR) is 122 cm³/mol. The van der Waals surface area contributed by atoms with Crippen LogP contribution in [-0.2, 0) is 11.2 Å². The van der Waals surface area contributed by atoms with E-state index in [4.69, 9.17) is 4.98 Å². The smallest absolute Gasteiger partial charge is 0.232 e. The van der Waals surface area contributed by atoms with E-state index in [1.165, 1.54) is 16.7 Å². The van der Waals surface area contributed by atoms with E-state index in [9.17, 15) is 4.79 Å². The summed E-state index contributed by atoms with van der Waals surface area (Å²) in [6.07, 6.45) is 2.21. The molecule has 0 spiro atoms. The SMILES string of the molecule is Cc1ccc(C(c2ccccc2)N2CCN(c3ncc4c(n3)N(C)C(=O)C4)CC2)cc1. The van der Waals surface area contributed by atoms with Crippen LogP contribution in [0.1, 0.15) is 28.3 Å². The molecule has 6 heteroatoms. The lowest BCUT2D eigenvalue weighted by Crippen LogP contribution is -2.48. The molecule has 31 heavy (non-hydrogen) atoms. The number of amides is 1. The molecule has 0 saturated carbocycles. The summed E-state index contributed by atoms with van der Waals surface area (Å²) in [7, 11) is 1.79. The van der Waals surface area contributed by atoms with E-state index in [2.05, 4.69) is 76.3 Å². The van der Waals surface area contributed by atoms with E-state index < -0.39 is 0 Å². The number of anilines is 2. The number of rotatable bonds is 4. The summed E-state index contributed by atoms with van der Waals surface area (Å²) in [4.78, 5) is 27.6. The van der Waals surface area contributed by atoms with Gasteiger partial charge in [0.05, 0.1) is 12.5 Å². The molecule has 5 rings (SSSR count). The van der Waals surface area contributed by atoms with Crippen molar-refractivity contribution in [1.29, 1.82) is 0 Å². The van der Waals surface area contributed by atoms with Crippen molar-refractivity contribution < 1.29 is 4.79 Å². The molecule has 2 aliphatic rings. The molecule has 1 atom stereocenters. The van der Waals surface area contributed by atoms with Gasteiger partial charge in [-0.05, 0) is 18.1 Å². The van der Waals surface area contributed by atoms with Gasteiger partial charge in [0.25, 0.3) is 0 Å². The number of piperazine rings is 1. The fourth-order valence-electron chi connectivity index (χ4n) is 4.53. The summed E-state index contributed by atoms with van der Waals surface area (Å²) < 4.78 is 0. The van der Waals surface area contributed by atoms with Crippen LogP contribution in [0.4, 0.5) is 11.8 Å².